The zero-order chi connectivity index (χ0) is 17.4. The van der Waals surface area contributed by atoms with Crippen molar-refractivity contribution in [2.75, 3.05) is 11.9 Å². The van der Waals surface area contributed by atoms with Gasteiger partial charge >= 0.3 is 0 Å². The molecule has 0 unspecified atom stereocenters. The zero-order valence-corrected chi connectivity index (χ0v) is 14.8. The SMILES string of the molecule is CCCCOc1ccccc1C(=O)NC(=S)Nc1cccc(C)c1. The van der Waals surface area contributed by atoms with Crippen LogP contribution in [0.1, 0.15) is 35.7 Å². The Labute approximate surface area is 148 Å². The maximum Gasteiger partial charge on any atom is 0.261 e. The van der Waals surface area contributed by atoms with E-state index in [0.29, 0.717) is 17.9 Å². The van der Waals surface area contributed by atoms with Gasteiger partial charge in [0.05, 0.1) is 12.2 Å². The fourth-order valence-electron chi connectivity index (χ4n) is 2.16. The molecule has 0 radical (unpaired) electrons. The first-order chi connectivity index (χ1) is 11.6. The van der Waals surface area contributed by atoms with Gasteiger partial charge in [0.25, 0.3) is 5.91 Å². The number of benzene rings is 2. The molecule has 0 aliphatic rings. The lowest BCUT2D eigenvalue weighted by Crippen LogP contribution is -2.34. The first-order valence-electron chi connectivity index (χ1n) is 8.01. The minimum atomic E-state index is -0.285. The Kier molecular flexibility index (Phi) is 6.75. The van der Waals surface area contributed by atoms with Gasteiger partial charge in [0.15, 0.2) is 5.11 Å². The van der Waals surface area contributed by atoms with Gasteiger partial charge < -0.3 is 10.1 Å². The fourth-order valence-corrected chi connectivity index (χ4v) is 2.37. The average Bonchev–Trinajstić information content (AvgIpc) is 2.55. The molecule has 1 amide bonds. The molecular formula is C19H22N2O2S. The summed E-state index contributed by atoms with van der Waals surface area (Å²) < 4.78 is 5.69. The van der Waals surface area contributed by atoms with Crippen LogP contribution in [0.25, 0.3) is 0 Å². The van der Waals surface area contributed by atoms with Crippen molar-refractivity contribution in [2.24, 2.45) is 0 Å². The van der Waals surface area contributed by atoms with Crippen LogP contribution in [0, 0.1) is 6.92 Å². The van der Waals surface area contributed by atoms with Crippen molar-refractivity contribution in [3.8, 4) is 5.75 Å². The van der Waals surface area contributed by atoms with Gasteiger partial charge in [0, 0.05) is 5.69 Å². The lowest BCUT2D eigenvalue weighted by atomic mass is 10.2. The highest BCUT2D eigenvalue weighted by Gasteiger charge is 2.13. The average molecular weight is 342 g/mol. The summed E-state index contributed by atoms with van der Waals surface area (Å²) in [5.41, 5.74) is 2.43. The van der Waals surface area contributed by atoms with Crippen molar-refractivity contribution < 1.29 is 9.53 Å². The van der Waals surface area contributed by atoms with E-state index in [9.17, 15) is 4.79 Å². The van der Waals surface area contributed by atoms with Crippen LogP contribution in [-0.2, 0) is 0 Å². The van der Waals surface area contributed by atoms with Crippen molar-refractivity contribution in [3.63, 3.8) is 0 Å². The molecular weight excluding hydrogens is 320 g/mol. The minimum Gasteiger partial charge on any atom is -0.493 e. The number of anilines is 1. The minimum absolute atomic E-state index is 0.258. The molecule has 126 valence electrons. The summed E-state index contributed by atoms with van der Waals surface area (Å²) in [6.45, 7) is 4.68. The molecule has 0 saturated carbocycles. The predicted octanol–water partition coefficient (Wildman–Crippen LogP) is 4.30. The third-order valence-electron chi connectivity index (χ3n) is 3.39. The first kappa shape index (κ1) is 17.9. The Bertz CT molecular complexity index is 716. The topological polar surface area (TPSA) is 50.4 Å². The van der Waals surface area contributed by atoms with E-state index in [-0.39, 0.29) is 11.0 Å². The van der Waals surface area contributed by atoms with Crippen molar-refractivity contribution in [3.05, 3.63) is 59.7 Å². The number of aryl methyl sites for hydroxylation is 1. The van der Waals surface area contributed by atoms with Crippen LogP contribution in [0.15, 0.2) is 48.5 Å². The third-order valence-corrected chi connectivity index (χ3v) is 3.59. The van der Waals surface area contributed by atoms with Crippen LogP contribution >= 0.6 is 12.2 Å². The van der Waals surface area contributed by atoms with Gasteiger partial charge in [0.2, 0.25) is 0 Å². The molecule has 2 aromatic carbocycles. The Hall–Kier alpha value is -2.40. The first-order valence-corrected chi connectivity index (χ1v) is 8.42. The summed E-state index contributed by atoms with van der Waals surface area (Å²) in [4.78, 5) is 12.4. The Morgan fingerprint density at radius 3 is 2.71 bits per heavy atom. The van der Waals surface area contributed by atoms with Gasteiger partial charge in [-0.25, -0.2) is 0 Å². The van der Waals surface area contributed by atoms with Gasteiger partial charge in [-0.1, -0.05) is 37.6 Å². The van der Waals surface area contributed by atoms with E-state index < -0.39 is 0 Å². The van der Waals surface area contributed by atoms with Crippen LogP contribution in [0.5, 0.6) is 5.75 Å². The van der Waals surface area contributed by atoms with Crippen LogP contribution in [0.3, 0.4) is 0 Å². The maximum atomic E-state index is 12.4. The van der Waals surface area contributed by atoms with Gasteiger partial charge in [-0.15, -0.1) is 0 Å². The summed E-state index contributed by atoms with van der Waals surface area (Å²) >= 11 is 5.22. The number of ether oxygens (including phenoxy) is 1. The molecule has 4 nitrogen and oxygen atoms in total. The maximum absolute atomic E-state index is 12.4. The summed E-state index contributed by atoms with van der Waals surface area (Å²) in [5.74, 6) is 0.286. The highest BCUT2D eigenvalue weighted by molar-refractivity contribution is 7.80. The highest BCUT2D eigenvalue weighted by Crippen LogP contribution is 2.18. The number of rotatable bonds is 6. The number of nitrogens with one attached hydrogen (secondary N) is 2. The molecule has 0 aliphatic heterocycles. The lowest BCUT2D eigenvalue weighted by Gasteiger charge is -2.13. The summed E-state index contributed by atoms with van der Waals surface area (Å²) in [7, 11) is 0. The Morgan fingerprint density at radius 1 is 1.17 bits per heavy atom. The molecule has 0 saturated heterocycles. The van der Waals surface area contributed by atoms with Crippen LogP contribution in [0.2, 0.25) is 0 Å². The van der Waals surface area contributed by atoms with E-state index in [2.05, 4.69) is 17.6 Å². The number of hydrogen-bond donors (Lipinski definition) is 2. The van der Waals surface area contributed by atoms with Crippen LogP contribution in [-0.4, -0.2) is 17.6 Å². The summed E-state index contributed by atoms with van der Waals surface area (Å²) in [6.07, 6.45) is 1.99. The zero-order valence-electron chi connectivity index (χ0n) is 14.0. The number of hydrogen-bond acceptors (Lipinski definition) is 3. The van der Waals surface area contributed by atoms with Crippen molar-refractivity contribution in [1.29, 1.82) is 0 Å². The molecule has 2 rings (SSSR count). The lowest BCUT2D eigenvalue weighted by molar-refractivity contribution is 0.0973. The van der Waals surface area contributed by atoms with E-state index in [1.54, 1.807) is 18.2 Å². The van der Waals surface area contributed by atoms with Crippen molar-refractivity contribution in [1.82, 2.24) is 5.32 Å². The molecule has 2 aromatic rings. The molecule has 0 aromatic heterocycles. The van der Waals surface area contributed by atoms with Gasteiger partial charge in [-0.2, -0.15) is 0 Å². The van der Waals surface area contributed by atoms with Crippen molar-refractivity contribution in [2.45, 2.75) is 26.7 Å². The monoisotopic (exact) mass is 342 g/mol. The number of amides is 1. The normalized spacial score (nSPS) is 10.1. The molecule has 0 heterocycles. The largest absolute Gasteiger partial charge is 0.493 e. The number of thiocarbonyl (C=S) groups is 1. The van der Waals surface area contributed by atoms with Crippen LogP contribution < -0.4 is 15.4 Å². The Balaban J connectivity index is 2.00. The molecule has 2 N–H and O–H groups in total. The van der Waals surface area contributed by atoms with E-state index in [0.717, 1.165) is 24.1 Å². The van der Waals surface area contributed by atoms with E-state index in [4.69, 9.17) is 17.0 Å². The summed E-state index contributed by atoms with van der Waals surface area (Å²) in [6, 6.07) is 15.0. The number of unbranched alkanes of at least 4 members (excludes halogenated alkanes) is 1. The molecule has 0 spiro atoms. The second-order valence-electron chi connectivity index (χ2n) is 5.48. The number of para-hydroxylation sites is 1. The van der Waals surface area contributed by atoms with E-state index in [1.165, 1.54) is 0 Å². The fraction of sp³-hybridized carbons (Fsp3) is 0.263. The predicted molar refractivity (Wildman–Crippen MR) is 102 cm³/mol. The van der Waals surface area contributed by atoms with Crippen LogP contribution in [0.4, 0.5) is 5.69 Å². The second-order valence-corrected chi connectivity index (χ2v) is 5.88. The van der Waals surface area contributed by atoms with Crippen molar-refractivity contribution >= 4 is 28.9 Å². The van der Waals surface area contributed by atoms with E-state index >= 15 is 0 Å². The number of carbonyl (C=O) groups is 1. The quantitative estimate of drug-likeness (QED) is 0.607. The third kappa shape index (κ3) is 5.35. The van der Waals surface area contributed by atoms with Gasteiger partial charge in [-0.05, 0) is 55.4 Å². The standard InChI is InChI=1S/C19H22N2O2S/c1-3-4-12-23-17-11-6-5-10-16(17)18(22)21-19(24)20-15-9-7-8-14(2)13-15/h5-11,13H,3-4,12H2,1-2H3,(H2,20,21,22,24). The Morgan fingerprint density at radius 2 is 1.96 bits per heavy atom. The molecule has 0 fully saturated rings. The van der Waals surface area contributed by atoms with Gasteiger partial charge in [-0.3, -0.25) is 10.1 Å². The van der Waals surface area contributed by atoms with Gasteiger partial charge in [0.1, 0.15) is 5.75 Å². The van der Waals surface area contributed by atoms with E-state index in [1.807, 2.05) is 37.3 Å². The molecule has 0 aliphatic carbocycles. The summed E-state index contributed by atoms with van der Waals surface area (Å²) in [5, 5.41) is 5.97. The second kappa shape index (κ2) is 9.03. The highest BCUT2D eigenvalue weighted by atomic mass is 32.1. The molecule has 0 atom stereocenters. The smallest absolute Gasteiger partial charge is 0.261 e. The molecule has 24 heavy (non-hydrogen) atoms. The molecule has 0 bridgehead atoms. The number of carbonyl (C=O) groups excluding carboxylic acids is 1. The molecule has 5 heteroatoms.